The fourth-order valence-corrected chi connectivity index (χ4v) is 2.43. The number of fused-ring (bicyclic) bond motifs is 1. The van der Waals surface area contributed by atoms with E-state index in [2.05, 4.69) is 18.3 Å². The lowest BCUT2D eigenvalue weighted by molar-refractivity contribution is 0.394. The average molecular weight is 297 g/mol. The molecule has 0 radical (unpaired) electrons. The molecule has 3 aromatic rings. The zero-order chi connectivity index (χ0) is 15.5. The first-order chi connectivity index (χ1) is 10.7. The van der Waals surface area contributed by atoms with Crippen LogP contribution in [0.15, 0.2) is 52.9 Å². The molecule has 4 heteroatoms. The molecule has 1 N–H and O–H groups in total. The largest absolute Gasteiger partial charge is 0.497 e. The Kier molecular flexibility index (Phi) is 3.92. The zero-order valence-electron chi connectivity index (χ0n) is 12.9. The van der Waals surface area contributed by atoms with Crippen LogP contribution in [-0.2, 0) is 0 Å². The molecular formula is C18H19NO3. The van der Waals surface area contributed by atoms with Crippen LogP contribution in [0.2, 0.25) is 0 Å². The molecule has 114 valence electrons. The van der Waals surface area contributed by atoms with Crippen molar-refractivity contribution >= 4 is 16.7 Å². The Balaban J connectivity index is 1.85. The average Bonchev–Trinajstić information content (AvgIpc) is 2.98. The van der Waals surface area contributed by atoms with Crippen molar-refractivity contribution in [3.8, 4) is 11.5 Å². The Labute approximate surface area is 129 Å². The minimum Gasteiger partial charge on any atom is -0.497 e. The maximum atomic E-state index is 5.89. The van der Waals surface area contributed by atoms with Crippen molar-refractivity contribution in [1.29, 1.82) is 0 Å². The summed E-state index contributed by atoms with van der Waals surface area (Å²) in [4.78, 5) is 0. The van der Waals surface area contributed by atoms with Crippen LogP contribution in [-0.4, -0.2) is 14.2 Å². The quantitative estimate of drug-likeness (QED) is 0.746. The van der Waals surface area contributed by atoms with Gasteiger partial charge in [-0.15, -0.1) is 0 Å². The van der Waals surface area contributed by atoms with Crippen molar-refractivity contribution in [3.63, 3.8) is 0 Å². The van der Waals surface area contributed by atoms with Crippen molar-refractivity contribution in [3.05, 3.63) is 54.3 Å². The Morgan fingerprint density at radius 1 is 0.955 bits per heavy atom. The Morgan fingerprint density at radius 2 is 1.64 bits per heavy atom. The molecule has 1 unspecified atom stereocenters. The van der Waals surface area contributed by atoms with E-state index >= 15 is 0 Å². The van der Waals surface area contributed by atoms with Crippen LogP contribution < -0.4 is 14.8 Å². The van der Waals surface area contributed by atoms with Crippen LogP contribution in [0.3, 0.4) is 0 Å². The lowest BCUT2D eigenvalue weighted by Gasteiger charge is -2.15. The number of furan rings is 1. The number of hydrogen-bond acceptors (Lipinski definition) is 4. The molecule has 4 nitrogen and oxygen atoms in total. The first-order valence-electron chi connectivity index (χ1n) is 7.17. The molecule has 0 amide bonds. The van der Waals surface area contributed by atoms with Gasteiger partial charge in [0.2, 0.25) is 0 Å². The smallest absolute Gasteiger partial charge is 0.134 e. The van der Waals surface area contributed by atoms with Gasteiger partial charge in [-0.3, -0.25) is 0 Å². The number of ether oxygens (including phenoxy) is 2. The second-order valence-electron chi connectivity index (χ2n) is 5.15. The third-order valence-electron chi connectivity index (χ3n) is 3.61. The maximum absolute atomic E-state index is 5.89. The molecule has 0 aliphatic heterocycles. The predicted molar refractivity (Wildman–Crippen MR) is 87.8 cm³/mol. The lowest BCUT2D eigenvalue weighted by atomic mass is 10.2. The Morgan fingerprint density at radius 3 is 2.27 bits per heavy atom. The molecule has 1 heterocycles. The van der Waals surface area contributed by atoms with E-state index in [0.29, 0.717) is 0 Å². The molecule has 1 atom stereocenters. The van der Waals surface area contributed by atoms with Gasteiger partial charge in [-0.25, -0.2) is 0 Å². The minimum atomic E-state index is 0.0317. The molecule has 1 aromatic heterocycles. The number of rotatable bonds is 5. The van der Waals surface area contributed by atoms with E-state index in [0.717, 1.165) is 33.9 Å². The topological polar surface area (TPSA) is 43.6 Å². The Hall–Kier alpha value is -2.62. The number of benzene rings is 2. The molecule has 0 saturated heterocycles. The third kappa shape index (κ3) is 2.86. The van der Waals surface area contributed by atoms with Crippen molar-refractivity contribution < 1.29 is 13.9 Å². The summed E-state index contributed by atoms with van der Waals surface area (Å²) in [7, 11) is 3.28. The normalized spacial score (nSPS) is 12.1. The van der Waals surface area contributed by atoms with E-state index in [-0.39, 0.29) is 6.04 Å². The molecule has 0 aliphatic carbocycles. The van der Waals surface area contributed by atoms with E-state index in [1.807, 2.05) is 42.5 Å². The molecule has 0 aliphatic rings. The maximum Gasteiger partial charge on any atom is 0.134 e. The zero-order valence-corrected chi connectivity index (χ0v) is 12.9. The van der Waals surface area contributed by atoms with Crippen LogP contribution in [0.4, 0.5) is 5.69 Å². The van der Waals surface area contributed by atoms with Gasteiger partial charge in [0.05, 0.1) is 20.3 Å². The van der Waals surface area contributed by atoms with Crippen molar-refractivity contribution in [1.82, 2.24) is 0 Å². The first-order valence-corrected chi connectivity index (χ1v) is 7.17. The van der Waals surface area contributed by atoms with Gasteiger partial charge in [0.25, 0.3) is 0 Å². The van der Waals surface area contributed by atoms with Crippen LogP contribution in [0.5, 0.6) is 11.5 Å². The summed E-state index contributed by atoms with van der Waals surface area (Å²) in [6.07, 6.45) is 0. The number of methoxy groups -OCH3 is 2. The second kappa shape index (κ2) is 6.02. The molecular weight excluding hydrogens is 278 g/mol. The monoisotopic (exact) mass is 297 g/mol. The van der Waals surface area contributed by atoms with Crippen LogP contribution >= 0.6 is 0 Å². The summed E-state index contributed by atoms with van der Waals surface area (Å²) in [5.74, 6) is 2.39. The SMILES string of the molecule is COc1cc(NC(C)c2cc3ccccc3o2)cc(OC)c1. The number of para-hydroxylation sites is 1. The highest BCUT2D eigenvalue weighted by molar-refractivity contribution is 5.78. The van der Waals surface area contributed by atoms with Gasteiger partial charge in [-0.2, -0.15) is 0 Å². The third-order valence-corrected chi connectivity index (χ3v) is 3.61. The lowest BCUT2D eigenvalue weighted by Crippen LogP contribution is -2.05. The summed E-state index contributed by atoms with van der Waals surface area (Å²) in [5, 5.41) is 4.52. The molecule has 22 heavy (non-hydrogen) atoms. The summed E-state index contributed by atoms with van der Waals surface area (Å²) < 4.78 is 16.5. The fraction of sp³-hybridized carbons (Fsp3) is 0.222. The van der Waals surface area contributed by atoms with Gasteiger partial charge < -0.3 is 19.2 Å². The van der Waals surface area contributed by atoms with E-state index in [1.165, 1.54) is 0 Å². The highest BCUT2D eigenvalue weighted by Gasteiger charge is 2.12. The summed E-state index contributed by atoms with van der Waals surface area (Å²) in [5.41, 5.74) is 1.82. The highest BCUT2D eigenvalue weighted by atomic mass is 16.5. The number of hydrogen-bond donors (Lipinski definition) is 1. The van der Waals surface area contributed by atoms with Gasteiger partial charge in [0.15, 0.2) is 0 Å². The predicted octanol–water partition coefficient (Wildman–Crippen LogP) is 4.62. The van der Waals surface area contributed by atoms with Crippen LogP contribution in [0, 0.1) is 0 Å². The van der Waals surface area contributed by atoms with E-state index in [1.54, 1.807) is 14.2 Å². The fourth-order valence-electron chi connectivity index (χ4n) is 2.43. The summed E-state index contributed by atoms with van der Waals surface area (Å²) >= 11 is 0. The Bertz CT molecular complexity index is 724. The molecule has 0 bridgehead atoms. The van der Waals surface area contributed by atoms with Gasteiger partial charge in [-0.1, -0.05) is 18.2 Å². The second-order valence-corrected chi connectivity index (χ2v) is 5.15. The van der Waals surface area contributed by atoms with Gasteiger partial charge in [-0.05, 0) is 19.1 Å². The van der Waals surface area contributed by atoms with Crippen LogP contribution in [0.1, 0.15) is 18.7 Å². The minimum absolute atomic E-state index is 0.0317. The van der Waals surface area contributed by atoms with Gasteiger partial charge in [0.1, 0.15) is 22.8 Å². The van der Waals surface area contributed by atoms with E-state index < -0.39 is 0 Å². The van der Waals surface area contributed by atoms with Crippen molar-refractivity contribution in [2.24, 2.45) is 0 Å². The summed E-state index contributed by atoms with van der Waals surface area (Å²) in [6.45, 7) is 2.06. The van der Waals surface area contributed by atoms with Gasteiger partial charge >= 0.3 is 0 Å². The molecule has 0 spiro atoms. The first kappa shape index (κ1) is 14.3. The van der Waals surface area contributed by atoms with Crippen molar-refractivity contribution in [2.75, 3.05) is 19.5 Å². The standard InChI is InChI=1S/C18H19NO3/c1-12(18-8-13-6-4-5-7-17(13)22-18)19-14-9-15(20-2)11-16(10-14)21-3/h4-12,19H,1-3H3. The highest BCUT2D eigenvalue weighted by Crippen LogP contribution is 2.30. The number of anilines is 1. The molecule has 2 aromatic carbocycles. The van der Waals surface area contributed by atoms with Crippen LogP contribution in [0.25, 0.3) is 11.0 Å². The summed E-state index contributed by atoms with van der Waals surface area (Å²) in [6, 6.07) is 15.8. The van der Waals surface area contributed by atoms with E-state index in [9.17, 15) is 0 Å². The van der Waals surface area contributed by atoms with Crippen molar-refractivity contribution in [2.45, 2.75) is 13.0 Å². The molecule has 0 fully saturated rings. The molecule has 0 saturated carbocycles. The van der Waals surface area contributed by atoms with Gasteiger partial charge in [0, 0.05) is 29.3 Å². The van der Waals surface area contributed by atoms with E-state index in [4.69, 9.17) is 13.9 Å². The molecule has 3 rings (SSSR count). The number of nitrogens with one attached hydrogen (secondary N) is 1.